The van der Waals surface area contributed by atoms with Crippen LogP contribution in [0.2, 0.25) is 0 Å². The molecule has 5 N–H and O–H groups in total. The number of amides is 2. The molecule has 1 aromatic carbocycles. The minimum atomic E-state index is -0.979. The van der Waals surface area contributed by atoms with Crippen molar-refractivity contribution < 1.29 is 48.8 Å². The first-order valence-electron chi connectivity index (χ1n) is 30.3. The van der Waals surface area contributed by atoms with Gasteiger partial charge in [-0.05, 0) is 208 Å². The fraction of sp³-hybridized carbons (Fsp3) is 0.714. The number of carbonyl (C=O) groups is 6. The number of aliphatic carboxylic acids is 2. The topological polar surface area (TPSA) is 228 Å². The maximum atomic E-state index is 14.0. The average molecular weight is 1160 g/mol. The predicted molar refractivity (Wildman–Crippen MR) is 320 cm³/mol. The lowest BCUT2D eigenvalue weighted by Crippen LogP contribution is -2.54. The number of carbonyl (C=O) groups excluding carboxylic acids is 4. The van der Waals surface area contributed by atoms with Gasteiger partial charge in [-0.2, -0.15) is 0 Å². The van der Waals surface area contributed by atoms with E-state index in [1.54, 1.807) is 43.9 Å². The lowest BCUT2D eigenvalue weighted by molar-refractivity contribution is -0.140. The van der Waals surface area contributed by atoms with Crippen molar-refractivity contribution in [3.05, 3.63) is 45.5 Å². The zero-order chi connectivity index (χ0) is 58.6. The Kier molecular flexibility index (Phi) is 20.6. The molecule has 18 heteroatoms. The van der Waals surface area contributed by atoms with E-state index in [1.807, 2.05) is 20.9 Å². The summed E-state index contributed by atoms with van der Waals surface area (Å²) in [4.78, 5) is 90.0. The minimum absolute atomic E-state index is 0.0931. The Morgan fingerprint density at radius 2 is 1.59 bits per heavy atom. The van der Waals surface area contributed by atoms with Gasteiger partial charge in [-0.15, -0.1) is 23.1 Å². The summed E-state index contributed by atoms with van der Waals surface area (Å²) in [6.45, 7) is 19.4. The molecule has 0 bridgehead atoms. The van der Waals surface area contributed by atoms with Crippen molar-refractivity contribution in [1.82, 2.24) is 25.4 Å². The largest absolute Gasteiger partial charge is 0.480 e. The van der Waals surface area contributed by atoms with Gasteiger partial charge in [-0.3, -0.25) is 24.2 Å². The number of Topliss-reactive ketones (excluding diaryl/α,β-unsaturated/α-hetero) is 2. The van der Waals surface area contributed by atoms with E-state index in [0.29, 0.717) is 143 Å². The van der Waals surface area contributed by atoms with Crippen LogP contribution in [0, 0.1) is 51.8 Å². The number of thiazole rings is 1. The standard InChI is InChI=1S/C63H92N6O10S2/c1-37(45-20-21-46-44-19-17-41-34-42(70)23-25-62(41,7)47(44)24-26-63(45,46)8)14-12-29-64-49(58(74)75)15-10-11-28-65-52(71)16-13-30-69(33-32-68(9)31-27-61(5,6)53-40(4)54(72)38(2)39(3)55(53)73)60(78)79-43-18-22-48-51(35-43)81-57(66-48)56-67-50(36-80-56)59(76)77/h18,22,35,37,41-42,44-47,49-50,64,70H,10-17,19-21,23-34,36H2,1-9H3,(H,65,71)(H,74,75)(H,76,77)/t37-,41-,42-,44+,45-,46+,47+,49?,50?,62+,63-/m1/s1. The number of carboxylic acid groups (broad SMARTS) is 2. The summed E-state index contributed by atoms with van der Waals surface area (Å²) in [7, 11) is 1.94. The van der Waals surface area contributed by atoms with Crippen LogP contribution in [0.1, 0.15) is 170 Å². The number of aliphatic hydroxyl groups excluding tert-OH is 1. The molecule has 2 aromatic rings. The van der Waals surface area contributed by atoms with Crippen LogP contribution in [0.5, 0.6) is 5.75 Å². The number of benzene rings is 1. The first-order chi connectivity index (χ1) is 38.4. The van der Waals surface area contributed by atoms with Crippen LogP contribution < -0.4 is 15.4 Å². The van der Waals surface area contributed by atoms with Gasteiger partial charge in [0, 0.05) is 66.7 Å². The molecule has 0 spiro atoms. The molecule has 8 rings (SSSR count). The van der Waals surface area contributed by atoms with Crippen LogP contribution in [-0.4, -0.2) is 141 Å². The highest BCUT2D eigenvalue weighted by Gasteiger charge is 2.60. The molecule has 2 amide bonds. The number of unbranched alkanes of at least 4 members (excludes halogenated alkanes) is 1. The summed E-state index contributed by atoms with van der Waals surface area (Å²) in [6.07, 6.45) is 15.3. The van der Waals surface area contributed by atoms with Crippen molar-refractivity contribution in [3.8, 4) is 5.75 Å². The number of aliphatic hydroxyl groups is 1. The van der Waals surface area contributed by atoms with Gasteiger partial charge < -0.3 is 40.5 Å². The summed E-state index contributed by atoms with van der Waals surface area (Å²) in [6, 6.07) is 3.69. The minimum Gasteiger partial charge on any atom is -0.480 e. The molecular formula is C63H92N6O10S2. The normalized spacial score (nSPS) is 28.4. The molecule has 1 aliphatic heterocycles. The number of nitrogens with one attached hydrogen (secondary N) is 2. The van der Waals surface area contributed by atoms with E-state index < -0.39 is 35.5 Å². The fourth-order valence-corrected chi connectivity index (χ4v) is 17.8. The Labute approximate surface area is 488 Å². The van der Waals surface area contributed by atoms with Crippen molar-refractivity contribution >= 4 is 73.9 Å². The summed E-state index contributed by atoms with van der Waals surface area (Å²) in [5, 5.41) is 37.5. The summed E-state index contributed by atoms with van der Waals surface area (Å²) in [5.41, 5.74) is 2.86. The number of ketones is 2. The van der Waals surface area contributed by atoms with E-state index >= 15 is 0 Å². The highest BCUT2D eigenvalue weighted by molar-refractivity contribution is 8.15. The van der Waals surface area contributed by atoms with Crippen LogP contribution in [-0.2, 0) is 24.0 Å². The Balaban J connectivity index is 0.774. The van der Waals surface area contributed by atoms with Gasteiger partial charge in [0.25, 0.3) is 0 Å². The molecule has 2 unspecified atom stereocenters. The molecule has 446 valence electrons. The summed E-state index contributed by atoms with van der Waals surface area (Å²) >= 11 is 2.69. The van der Waals surface area contributed by atoms with Crippen LogP contribution in [0.3, 0.4) is 0 Å². The van der Waals surface area contributed by atoms with Crippen molar-refractivity contribution in [3.63, 3.8) is 0 Å². The number of thioether (sulfide) groups is 1. The van der Waals surface area contributed by atoms with E-state index in [4.69, 9.17) is 4.74 Å². The maximum absolute atomic E-state index is 14.0. The SMILES string of the molecule is CC1=C(C)C(=O)C(C(C)(C)CCN(C)CCN(CCCC(=O)NCCCCC(NCCC[C@@H](C)[C@H]2CC[C@H]3[C@@H]4CC[C@@H]5C[C@H](O)CC[C@]5(C)[C@H]4CC[C@]23C)C(=O)O)C(=O)Oc2ccc3nc(C4=NC(C(=O)O)CS4)sc3c2)=C(C)C1=O. The Morgan fingerprint density at radius 3 is 2.33 bits per heavy atom. The summed E-state index contributed by atoms with van der Waals surface area (Å²) in [5.74, 6) is 2.87. The van der Waals surface area contributed by atoms with Crippen molar-refractivity contribution in [1.29, 1.82) is 0 Å². The third-order valence-corrected chi connectivity index (χ3v) is 22.9. The van der Waals surface area contributed by atoms with E-state index in [2.05, 4.69) is 46.3 Å². The third kappa shape index (κ3) is 14.2. The van der Waals surface area contributed by atoms with Gasteiger partial charge in [0.1, 0.15) is 21.8 Å². The third-order valence-electron chi connectivity index (χ3n) is 20.7. The number of aliphatic imine (C=N–C) groups is 1. The monoisotopic (exact) mass is 1160 g/mol. The van der Waals surface area contributed by atoms with Crippen LogP contribution in [0.4, 0.5) is 4.79 Å². The predicted octanol–water partition coefficient (Wildman–Crippen LogP) is 10.7. The number of ether oxygens (including phenoxy) is 1. The molecule has 11 atom stereocenters. The molecule has 4 fully saturated rings. The van der Waals surface area contributed by atoms with E-state index in [-0.39, 0.29) is 36.5 Å². The first kappa shape index (κ1) is 62.6. The highest BCUT2D eigenvalue weighted by atomic mass is 32.2. The molecule has 4 saturated carbocycles. The van der Waals surface area contributed by atoms with E-state index in [9.17, 15) is 44.1 Å². The number of allylic oxidation sites excluding steroid dienone is 4. The molecule has 0 radical (unpaired) electrons. The molecule has 81 heavy (non-hydrogen) atoms. The smallest absolute Gasteiger partial charge is 0.415 e. The van der Waals surface area contributed by atoms with Crippen molar-refractivity contribution in [2.24, 2.45) is 56.7 Å². The van der Waals surface area contributed by atoms with Crippen LogP contribution >= 0.6 is 23.1 Å². The molecular weight excluding hydrogens is 1060 g/mol. The van der Waals surface area contributed by atoms with Gasteiger partial charge in [0.2, 0.25) is 5.91 Å². The Morgan fingerprint density at radius 1 is 0.852 bits per heavy atom. The molecule has 16 nitrogen and oxygen atoms in total. The molecule has 2 heterocycles. The zero-order valence-corrected chi connectivity index (χ0v) is 51.3. The van der Waals surface area contributed by atoms with Gasteiger partial charge in [0.05, 0.1) is 16.3 Å². The molecule has 1 aromatic heterocycles. The number of rotatable bonds is 26. The fourth-order valence-electron chi connectivity index (χ4n) is 15.7. The lowest BCUT2D eigenvalue weighted by atomic mass is 9.44. The van der Waals surface area contributed by atoms with E-state index in [0.717, 1.165) is 48.1 Å². The Bertz CT molecular complexity index is 2770. The van der Waals surface area contributed by atoms with Crippen LogP contribution in [0.15, 0.2) is 45.5 Å². The highest BCUT2D eigenvalue weighted by Crippen LogP contribution is 2.68. The average Bonchev–Trinajstić information content (AvgIpc) is 4.36. The second kappa shape index (κ2) is 26.6. The molecule has 6 aliphatic rings. The number of fused-ring (bicyclic) bond motifs is 6. The second-order valence-corrected chi connectivity index (χ2v) is 28.2. The number of aromatic nitrogens is 1. The summed E-state index contributed by atoms with van der Waals surface area (Å²) < 4.78 is 6.70. The van der Waals surface area contributed by atoms with Crippen LogP contribution in [0.25, 0.3) is 10.2 Å². The molecule has 0 saturated heterocycles. The van der Waals surface area contributed by atoms with Gasteiger partial charge in [0.15, 0.2) is 17.6 Å². The number of likely N-dealkylation sites (N-methyl/N-ethyl adjacent to an activating group) is 1. The van der Waals surface area contributed by atoms with Gasteiger partial charge in [-0.1, -0.05) is 34.6 Å². The molecule has 5 aliphatic carbocycles. The number of carboxylic acids is 2. The van der Waals surface area contributed by atoms with Crippen molar-refractivity contribution in [2.45, 2.75) is 183 Å². The number of hydrogen-bond donors (Lipinski definition) is 5. The zero-order valence-electron chi connectivity index (χ0n) is 49.7. The van der Waals surface area contributed by atoms with E-state index in [1.165, 1.54) is 68.0 Å². The van der Waals surface area contributed by atoms with Gasteiger partial charge >= 0.3 is 18.0 Å². The number of nitrogens with zero attached hydrogens (tertiary/aromatic N) is 4. The Hall–Kier alpha value is -4.49. The maximum Gasteiger partial charge on any atom is 0.415 e. The van der Waals surface area contributed by atoms with Crippen molar-refractivity contribution in [2.75, 3.05) is 52.1 Å². The second-order valence-electron chi connectivity index (χ2n) is 26.2. The number of hydrogen-bond acceptors (Lipinski definition) is 14. The van der Waals surface area contributed by atoms with Gasteiger partial charge in [-0.25, -0.2) is 14.6 Å². The lowest BCUT2D eigenvalue weighted by Gasteiger charge is -2.61. The first-order valence-corrected chi connectivity index (χ1v) is 32.1. The quantitative estimate of drug-likeness (QED) is 0.0436.